The number of carbonyl (C=O) groups excluding carboxylic acids is 2. The Labute approximate surface area is 185 Å². The standard InChI is InChI=1S/C21H17ClF3N5O2/c1-10-6-13(11-2-4-14(15(22)7-11)21(23,24)25)19(31)18-16(9-28-30(10)18)29-20(32)12-3-5-17(26)27-8-12/h2-5,7-10,13H,6H2,1H3,(H2,26,27)(H,29,32)/t10-,13?/m0/s1. The Morgan fingerprint density at radius 1 is 1.25 bits per heavy atom. The van der Waals surface area contributed by atoms with Crippen LogP contribution in [0.15, 0.2) is 42.7 Å². The van der Waals surface area contributed by atoms with Crippen LogP contribution in [0, 0.1) is 0 Å². The predicted octanol–water partition coefficient (Wildman–Crippen LogP) is 4.72. The van der Waals surface area contributed by atoms with Crippen LogP contribution in [0.1, 0.15) is 57.3 Å². The third-order valence-corrected chi connectivity index (χ3v) is 5.65. The number of ketones is 1. The highest BCUT2D eigenvalue weighted by molar-refractivity contribution is 6.31. The highest BCUT2D eigenvalue weighted by atomic mass is 35.5. The van der Waals surface area contributed by atoms with Crippen LogP contribution in [0.25, 0.3) is 0 Å². The fraction of sp³-hybridized carbons (Fsp3) is 0.238. The molecule has 0 radical (unpaired) electrons. The Kier molecular flexibility index (Phi) is 5.41. The van der Waals surface area contributed by atoms with E-state index in [-0.39, 0.29) is 34.6 Å². The van der Waals surface area contributed by atoms with Crippen molar-refractivity contribution >= 4 is 34.8 Å². The first-order chi connectivity index (χ1) is 15.1. The van der Waals surface area contributed by atoms with Crippen LogP contribution in [-0.2, 0) is 6.18 Å². The lowest BCUT2D eigenvalue weighted by atomic mass is 9.84. The Hall–Kier alpha value is -3.40. The van der Waals surface area contributed by atoms with Crippen molar-refractivity contribution in [3.05, 3.63) is 70.1 Å². The van der Waals surface area contributed by atoms with E-state index in [1.54, 1.807) is 0 Å². The smallest absolute Gasteiger partial charge is 0.384 e. The summed E-state index contributed by atoms with van der Waals surface area (Å²) in [5.74, 6) is -1.36. The summed E-state index contributed by atoms with van der Waals surface area (Å²) in [6.07, 6.45) is -1.59. The van der Waals surface area contributed by atoms with Crippen molar-refractivity contribution in [2.24, 2.45) is 0 Å². The Bertz CT molecular complexity index is 1210. The summed E-state index contributed by atoms with van der Waals surface area (Å²) in [7, 11) is 0. The largest absolute Gasteiger partial charge is 0.417 e. The minimum absolute atomic E-state index is 0.168. The lowest BCUT2D eigenvalue weighted by molar-refractivity contribution is -0.137. The van der Waals surface area contributed by atoms with Crippen molar-refractivity contribution in [2.75, 3.05) is 11.1 Å². The molecule has 3 heterocycles. The highest BCUT2D eigenvalue weighted by Crippen LogP contribution is 2.41. The summed E-state index contributed by atoms with van der Waals surface area (Å²) in [6.45, 7) is 1.83. The second-order valence-corrected chi connectivity index (χ2v) is 7.92. The first kappa shape index (κ1) is 21.8. The fourth-order valence-electron chi connectivity index (χ4n) is 3.75. The van der Waals surface area contributed by atoms with Gasteiger partial charge in [-0.25, -0.2) is 4.98 Å². The third kappa shape index (κ3) is 3.93. The number of halogens is 4. The molecule has 1 aliphatic rings. The molecule has 3 aromatic rings. The van der Waals surface area contributed by atoms with E-state index in [1.165, 1.54) is 41.3 Å². The number of aromatic nitrogens is 3. The van der Waals surface area contributed by atoms with Crippen LogP contribution in [0.2, 0.25) is 5.02 Å². The quantitative estimate of drug-likeness (QED) is 0.585. The molecule has 0 saturated heterocycles. The van der Waals surface area contributed by atoms with Crippen molar-refractivity contribution in [2.45, 2.75) is 31.5 Å². The number of nitrogens with two attached hydrogens (primary N) is 1. The first-order valence-electron chi connectivity index (χ1n) is 9.57. The number of Topliss-reactive ketones (excluding diaryl/α,β-unsaturated/α-hetero) is 1. The number of amides is 1. The zero-order chi connectivity index (χ0) is 23.2. The number of benzene rings is 1. The molecule has 1 aromatic carbocycles. The SMILES string of the molecule is C[C@H]1CC(c2ccc(C(F)(F)F)c(Cl)c2)C(=O)c2c(NC(=O)c3ccc(N)nc3)cnn21. The number of nitrogens with zero attached hydrogens (tertiary/aromatic N) is 3. The zero-order valence-electron chi connectivity index (χ0n) is 16.7. The summed E-state index contributed by atoms with van der Waals surface area (Å²) in [5.41, 5.74) is 5.54. The van der Waals surface area contributed by atoms with Gasteiger partial charge in [-0.2, -0.15) is 18.3 Å². The van der Waals surface area contributed by atoms with Crippen LogP contribution in [0.5, 0.6) is 0 Å². The maximum Gasteiger partial charge on any atom is 0.417 e. The van der Waals surface area contributed by atoms with Gasteiger partial charge in [-0.15, -0.1) is 0 Å². The molecule has 0 aliphatic carbocycles. The number of rotatable bonds is 3. The van der Waals surface area contributed by atoms with Gasteiger partial charge >= 0.3 is 6.18 Å². The number of nitrogens with one attached hydrogen (secondary N) is 1. The lowest BCUT2D eigenvalue weighted by Crippen LogP contribution is -2.29. The van der Waals surface area contributed by atoms with Crippen molar-refractivity contribution in [1.82, 2.24) is 14.8 Å². The Morgan fingerprint density at radius 3 is 2.62 bits per heavy atom. The molecule has 7 nitrogen and oxygen atoms in total. The molecule has 2 atom stereocenters. The van der Waals surface area contributed by atoms with Crippen molar-refractivity contribution in [3.8, 4) is 0 Å². The highest BCUT2D eigenvalue weighted by Gasteiger charge is 2.38. The van der Waals surface area contributed by atoms with Crippen molar-refractivity contribution in [3.63, 3.8) is 0 Å². The lowest BCUT2D eigenvalue weighted by Gasteiger charge is -2.28. The average molecular weight is 464 g/mol. The number of hydrogen-bond acceptors (Lipinski definition) is 5. The van der Waals surface area contributed by atoms with Gasteiger partial charge in [-0.1, -0.05) is 17.7 Å². The normalized spacial score (nSPS) is 18.3. The van der Waals surface area contributed by atoms with Gasteiger partial charge in [0.05, 0.1) is 40.0 Å². The van der Waals surface area contributed by atoms with Gasteiger partial charge in [0.25, 0.3) is 5.91 Å². The summed E-state index contributed by atoms with van der Waals surface area (Å²) in [5, 5.41) is 6.39. The molecule has 1 aliphatic heterocycles. The molecule has 3 N–H and O–H groups in total. The average Bonchev–Trinajstić information content (AvgIpc) is 3.14. The molecule has 1 unspecified atom stereocenters. The number of alkyl halides is 3. The van der Waals surface area contributed by atoms with E-state index in [0.29, 0.717) is 12.0 Å². The number of carbonyl (C=O) groups is 2. The van der Waals surface area contributed by atoms with E-state index in [9.17, 15) is 22.8 Å². The molecule has 32 heavy (non-hydrogen) atoms. The minimum atomic E-state index is -4.59. The Balaban J connectivity index is 1.65. The predicted molar refractivity (Wildman–Crippen MR) is 112 cm³/mol. The maximum atomic E-state index is 13.3. The van der Waals surface area contributed by atoms with Gasteiger partial charge in [0.1, 0.15) is 11.5 Å². The van der Waals surface area contributed by atoms with E-state index >= 15 is 0 Å². The fourth-order valence-corrected chi connectivity index (χ4v) is 4.04. The molecular weight excluding hydrogens is 447 g/mol. The van der Waals surface area contributed by atoms with Gasteiger partial charge in [-0.05, 0) is 43.2 Å². The molecule has 0 spiro atoms. The topological polar surface area (TPSA) is 103 Å². The van der Waals surface area contributed by atoms with Gasteiger partial charge in [0, 0.05) is 6.20 Å². The maximum absolute atomic E-state index is 13.3. The summed E-state index contributed by atoms with van der Waals surface area (Å²) in [4.78, 5) is 29.7. The molecule has 11 heteroatoms. The Morgan fingerprint density at radius 2 is 2.00 bits per heavy atom. The van der Waals surface area contributed by atoms with E-state index in [4.69, 9.17) is 17.3 Å². The number of nitrogen functional groups attached to an aromatic ring is 1. The van der Waals surface area contributed by atoms with Crippen LogP contribution in [0.3, 0.4) is 0 Å². The number of anilines is 2. The summed E-state index contributed by atoms with van der Waals surface area (Å²) in [6, 6.07) is 6.03. The molecule has 2 aromatic heterocycles. The van der Waals surface area contributed by atoms with Gasteiger partial charge < -0.3 is 11.1 Å². The second kappa shape index (κ2) is 7.94. The van der Waals surface area contributed by atoms with Crippen LogP contribution in [-0.4, -0.2) is 26.5 Å². The number of hydrogen-bond donors (Lipinski definition) is 2. The first-order valence-corrected chi connectivity index (χ1v) is 9.95. The molecule has 0 fully saturated rings. The van der Waals surface area contributed by atoms with Crippen LogP contribution >= 0.6 is 11.6 Å². The molecular formula is C21H17ClF3N5O2. The van der Waals surface area contributed by atoms with Gasteiger partial charge in [0.15, 0.2) is 5.78 Å². The van der Waals surface area contributed by atoms with Crippen LogP contribution in [0.4, 0.5) is 24.7 Å². The molecule has 0 bridgehead atoms. The molecule has 1 amide bonds. The third-order valence-electron chi connectivity index (χ3n) is 5.34. The van der Waals surface area contributed by atoms with E-state index in [0.717, 1.165) is 6.07 Å². The molecule has 0 saturated carbocycles. The molecule has 4 rings (SSSR count). The second-order valence-electron chi connectivity index (χ2n) is 7.52. The number of fused-ring (bicyclic) bond motifs is 1. The van der Waals surface area contributed by atoms with Crippen molar-refractivity contribution < 1.29 is 22.8 Å². The summed E-state index contributed by atoms with van der Waals surface area (Å²) < 4.78 is 40.6. The van der Waals surface area contributed by atoms with Crippen LogP contribution < -0.4 is 11.1 Å². The number of pyridine rings is 1. The summed E-state index contributed by atoms with van der Waals surface area (Å²) >= 11 is 5.85. The van der Waals surface area contributed by atoms with Gasteiger partial charge in [-0.3, -0.25) is 14.3 Å². The van der Waals surface area contributed by atoms with E-state index < -0.39 is 28.6 Å². The van der Waals surface area contributed by atoms with Crippen molar-refractivity contribution in [1.29, 1.82) is 0 Å². The van der Waals surface area contributed by atoms with Gasteiger partial charge in [0.2, 0.25) is 0 Å². The minimum Gasteiger partial charge on any atom is -0.384 e. The van der Waals surface area contributed by atoms with E-state index in [1.807, 2.05) is 6.92 Å². The van der Waals surface area contributed by atoms with E-state index in [2.05, 4.69) is 15.4 Å². The zero-order valence-corrected chi connectivity index (χ0v) is 17.4. The molecule has 166 valence electrons. The monoisotopic (exact) mass is 463 g/mol.